The van der Waals surface area contributed by atoms with Crippen LogP contribution in [0.3, 0.4) is 0 Å². The molecule has 0 aliphatic rings. The number of carbonyl (C=O) groups excluding carboxylic acids is 1. The molecule has 2 N–H and O–H groups in total. The zero-order valence-corrected chi connectivity index (χ0v) is 20.7. The van der Waals surface area contributed by atoms with Gasteiger partial charge in [-0.25, -0.2) is 9.97 Å². The number of aromatic amines is 1. The van der Waals surface area contributed by atoms with E-state index in [2.05, 4.69) is 32.0 Å². The van der Waals surface area contributed by atoms with Crippen molar-refractivity contribution in [2.24, 2.45) is 0 Å². The molecule has 0 aliphatic carbocycles. The van der Waals surface area contributed by atoms with E-state index >= 15 is 0 Å². The molecular formula is C28H28N6O3. The fraction of sp³-hybridized carbons (Fsp3) is 0.214. The van der Waals surface area contributed by atoms with Gasteiger partial charge in [0.25, 0.3) is 0 Å². The topological polar surface area (TPSA) is 107 Å². The zero-order valence-electron chi connectivity index (χ0n) is 20.7. The molecule has 0 radical (unpaired) electrons. The van der Waals surface area contributed by atoms with Gasteiger partial charge in [-0.2, -0.15) is 0 Å². The third-order valence-corrected chi connectivity index (χ3v) is 6.43. The van der Waals surface area contributed by atoms with Crippen molar-refractivity contribution in [1.82, 2.24) is 24.8 Å². The second-order valence-electron chi connectivity index (χ2n) is 8.83. The maximum absolute atomic E-state index is 11.9. The van der Waals surface area contributed by atoms with Crippen LogP contribution in [0.15, 0.2) is 79.4 Å². The summed E-state index contributed by atoms with van der Waals surface area (Å²) in [6, 6.07) is 19.5. The van der Waals surface area contributed by atoms with Crippen molar-refractivity contribution >= 4 is 39.2 Å². The van der Waals surface area contributed by atoms with Crippen LogP contribution in [0.4, 0.5) is 11.5 Å². The summed E-state index contributed by atoms with van der Waals surface area (Å²) in [6.45, 7) is 2.06. The second kappa shape index (κ2) is 10.6. The number of aliphatic hydroxyl groups excluding tert-OH is 1. The van der Waals surface area contributed by atoms with Crippen LogP contribution in [0.5, 0.6) is 5.75 Å². The highest BCUT2D eigenvalue weighted by molar-refractivity contribution is 5.97. The van der Waals surface area contributed by atoms with E-state index in [-0.39, 0.29) is 18.6 Å². The molecule has 37 heavy (non-hydrogen) atoms. The lowest BCUT2D eigenvalue weighted by molar-refractivity contribution is -0.135. The Labute approximate surface area is 214 Å². The summed E-state index contributed by atoms with van der Waals surface area (Å²) in [7, 11) is 1.65. The standard InChI is InChI=1S/C28H28N6O3/c1-19(33(2)26(36)16-35)17-37-25-8-5-7-24-27(25)28(32-18-31-24)34(15-21-6-3-4-12-29-21)22-9-10-23-20(14-22)11-13-30-23/h3-14,18-19,30,35H,15-17H2,1-2H3/t19-/m1/s1. The van der Waals surface area contributed by atoms with E-state index in [0.717, 1.165) is 33.2 Å². The predicted octanol–water partition coefficient (Wildman–Crippen LogP) is 4.06. The maximum Gasteiger partial charge on any atom is 0.248 e. The number of pyridine rings is 1. The number of fused-ring (bicyclic) bond motifs is 2. The zero-order chi connectivity index (χ0) is 25.8. The minimum atomic E-state index is -0.541. The monoisotopic (exact) mass is 496 g/mol. The smallest absolute Gasteiger partial charge is 0.248 e. The molecular weight excluding hydrogens is 468 g/mol. The van der Waals surface area contributed by atoms with Crippen molar-refractivity contribution in [3.63, 3.8) is 0 Å². The highest BCUT2D eigenvalue weighted by Gasteiger charge is 2.21. The van der Waals surface area contributed by atoms with Crippen molar-refractivity contribution < 1.29 is 14.6 Å². The molecule has 0 unspecified atom stereocenters. The number of ether oxygens (including phenoxy) is 1. The van der Waals surface area contributed by atoms with Crippen LogP contribution < -0.4 is 9.64 Å². The van der Waals surface area contributed by atoms with Gasteiger partial charge in [0.05, 0.1) is 29.2 Å². The molecule has 0 fully saturated rings. The van der Waals surface area contributed by atoms with E-state index in [9.17, 15) is 9.90 Å². The Hall–Kier alpha value is -4.50. The predicted molar refractivity (Wildman–Crippen MR) is 143 cm³/mol. The van der Waals surface area contributed by atoms with E-state index in [1.54, 1.807) is 19.6 Å². The largest absolute Gasteiger partial charge is 0.491 e. The first-order valence-electron chi connectivity index (χ1n) is 12.0. The van der Waals surface area contributed by atoms with E-state index in [0.29, 0.717) is 18.1 Å². The number of hydrogen-bond donors (Lipinski definition) is 2. The van der Waals surface area contributed by atoms with Gasteiger partial charge in [0.15, 0.2) is 0 Å². The summed E-state index contributed by atoms with van der Waals surface area (Å²) in [6.07, 6.45) is 5.25. The van der Waals surface area contributed by atoms with Gasteiger partial charge >= 0.3 is 0 Å². The first-order valence-corrected chi connectivity index (χ1v) is 12.0. The number of aromatic nitrogens is 4. The molecule has 0 saturated carbocycles. The Balaban J connectivity index is 1.58. The number of nitrogens with one attached hydrogen (secondary N) is 1. The molecule has 0 bridgehead atoms. The summed E-state index contributed by atoms with van der Waals surface area (Å²) >= 11 is 0. The summed E-state index contributed by atoms with van der Waals surface area (Å²) in [5.41, 5.74) is 3.63. The number of aliphatic hydroxyl groups is 1. The lowest BCUT2D eigenvalue weighted by Crippen LogP contribution is -2.40. The Bertz CT molecular complexity index is 1520. The normalized spacial score (nSPS) is 12.0. The Kier molecular flexibility index (Phi) is 6.96. The number of nitrogens with zero attached hydrogens (tertiary/aromatic N) is 5. The number of benzene rings is 2. The number of rotatable bonds is 9. The third kappa shape index (κ3) is 5.07. The molecule has 188 valence electrons. The van der Waals surface area contributed by atoms with Crippen LogP contribution in [-0.2, 0) is 11.3 Å². The van der Waals surface area contributed by atoms with Crippen molar-refractivity contribution in [3.8, 4) is 5.75 Å². The van der Waals surface area contributed by atoms with Gasteiger partial charge < -0.3 is 24.6 Å². The molecule has 5 aromatic rings. The lowest BCUT2D eigenvalue weighted by Gasteiger charge is -2.27. The van der Waals surface area contributed by atoms with Crippen molar-refractivity contribution in [2.75, 3.05) is 25.2 Å². The molecule has 9 nitrogen and oxygen atoms in total. The van der Waals surface area contributed by atoms with Crippen LogP contribution in [0.1, 0.15) is 12.6 Å². The lowest BCUT2D eigenvalue weighted by atomic mass is 10.1. The summed E-state index contributed by atoms with van der Waals surface area (Å²) in [5.74, 6) is 0.937. The molecule has 1 amide bonds. The number of hydrogen-bond acceptors (Lipinski definition) is 7. The van der Waals surface area contributed by atoms with Gasteiger partial charge in [0, 0.05) is 36.0 Å². The fourth-order valence-corrected chi connectivity index (χ4v) is 4.22. The van der Waals surface area contributed by atoms with Crippen LogP contribution in [0.25, 0.3) is 21.8 Å². The second-order valence-corrected chi connectivity index (χ2v) is 8.83. The molecule has 2 aromatic carbocycles. The first kappa shape index (κ1) is 24.2. The number of anilines is 2. The molecule has 3 aromatic heterocycles. The molecule has 0 aliphatic heterocycles. The number of H-pyrrole nitrogens is 1. The molecule has 1 atom stereocenters. The average Bonchev–Trinajstić information content (AvgIpc) is 3.42. The van der Waals surface area contributed by atoms with Crippen molar-refractivity contribution in [3.05, 3.63) is 85.1 Å². The summed E-state index contributed by atoms with van der Waals surface area (Å²) < 4.78 is 6.23. The molecule has 0 saturated heterocycles. The van der Waals surface area contributed by atoms with Gasteiger partial charge in [-0.05, 0) is 55.5 Å². The third-order valence-electron chi connectivity index (χ3n) is 6.43. The molecule has 0 spiro atoms. The molecule has 3 heterocycles. The van der Waals surface area contributed by atoms with Crippen molar-refractivity contribution in [2.45, 2.75) is 19.5 Å². The average molecular weight is 497 g/mol. The van der Waals surface area contributed by atoms with Crippen LogP contribution in [0.2, 0.25) is 0 Å². The minimum Gasteiger partial charge on any atom is -0.491 e. The SMILES string of the molecule is C[C@H](COc1cccc2ncnc(N(Cc3ccccn3)c3ccc4[nH]ccc4c3)c12)N(C)C(=O)CO. The minimum absolute atomic E-state index is 0.241. The van der Waals surface area contributed by atoms with Crippen LogP contribution in [0, 0.1) is 0 Å². The Morgan fingerprint density at radius 1 is 1.08 bits per heavy atom. The summed E-state index contributed by atoms with van der Waals surface area (Å²) in [4.78, 5) is 32.5. The van der Waals surface area contributed by atoms with E-state index in [4.69, 9.17) is 9.72 Å². The van der Waals surface area contributed by atoms with Crippen LogP contribution in [-0.4, -0.2) is 62.2 Å². The van der Waals surface area contributed by atoms with Crippen LogP contribution >= 0.6 is 0 Å². The number of amides is 1. The Morgan fingerprint density at radius 3 is 2.78 bits per heavy atom. The van der Waals surface area contributed by atoms with Gasteiger partial charge in [0.2, 0.25) is 5.91 Å². The Morgan fingerprint density at radius 2 is 1.97 bits per heavy atom. The van der Waals surface area contributed by atoms with Gasteiger partial charge in [-0.1, -0.05) is 12.1 Å². The quantitative estimate of drug-likeness (QED) is 0.317. The number of carbonyl (C=O) groups is 1. The maximum atomic E-state index is 11.9. The first-order chi connectivity index (χ1) is 18.0. The fourth-order valence-electron chi connectivity index (χ4n) is 4.22. The number of likely N-dealkylation sites (N-methyl/N-ethyl adjacent to an activating group) is 1. The van der Waals surface area contributed by atoms with E-state index < -0.39 is 6.61 Å². The van der Waals surface area contributed by atoms with E-state index in [1.807, 2.05) is 61.7 Å². The van der Waals surface area contributed by atoms with Gasteiger partial charge in [-0.15, -0.1) is 0 Å². The van der Waals surface area contributed by atoms with E-state index in [1.165, 1.54) is 4.90 Å². The molecule has 5 rings (SSSR count). The van der Waals surface area contributed by atoms with Gasteiger partial charge in [0.1, 0.15) is 31.1 Å². The van der Waals surface area contributed by atoms with Gasteiger partial charge in [-0.3, -0.25) is 9.78 Å². The van der Waals surface area contributed by atoms with Crippen molar-refractivity contribution in [1.29, 1.82) is 0 Å². The molecule has 9 heteroatoms. The summed E-state index contributed by atoms with van der Waals surface area (Å²) in [5, 5.41) is 11.0. The highest BCUT2D eigenvalue weighted by atomic mass is 16.5. The highest BCUT2D eigenvalue weighted by Crippen LogP contribution is 2.37.